The molecule has 4 rings (SSSR count). The van der Waals surface area contributed by atoms with E-state index in [9.17, 15) is 13.2 Å². The molecule has 0 bridgehead atoms. The Labute approximate surface area is 182 Å². The number of nitrogens with one attached hydrogen (secondary N) is 3. The van der Waals surface area contributed by atoms with E-state index in [0.29, 0.717) is 24.9 Å². The van der Waals surface area contributed by atoms with Crippen LogP contribution in [0.1, 0.15) is 37.3 Å². The van der Waals surface area contributed by atoms with Crippen molar-refractivity contribution >= 4 is 32.7 Å². The van der Waals surface area contributed by atoms with Crippen LogP contribution in [0.5, 0.6) is 0 Å². The van der Waals surface area contributed by atoms with Crippen molar-refractivity contribution in [3.63, 3.8) is 0 Å². The fraction of sp³-hybridized carbons (Fsp3) is 0.304. The van der Waals surface area contributed by atoms with Crippen LogP contribution in [-0.4, -0.2) is 37.7 Å². The van der Waals surface area contributed by atoms with Crippen molar-refractivity contribution in [2.24, 2.45) is 4.99 Å². The lowest BCUT2D eigenvalue weighted by Crippen LogP contribution is -2.36. The summed E-state index contributed by atoms with van der Waals surface area (Å²) in [5.74, 6) is 0.0489. The van der Waals surface area contributed by atoms with Gasteiger partial charge in [0.2, 0.25) is 5.91 Å². The van der Waals surface area contributed by atoms with Gasteiger partial charge in [0, 0.05) is 29.2 Å². The maximum atomic E-state index is 12.9. The van der Waals surface area contributed by atoms with Gasteiger partial charge in [-0.1, -0.05) is 50.1 Å². The van der Waals surface area contributed by atoms with Gasteiger partial charge >= 0.3 is 0 Å². The summed E-state index contributed by atoms with van der Waals surface area (Å²) < 4.78 is 27.2. The Balaban J connectivity index is 1.47. The number of nitrogens with zero attached hydrogens (tertiary/aromatic N) is 1. The molecule has 1 aromatic heterocycles. The van der Waals surface area contributed by atoms with Gasteiger partial charge in [-0.2, -0.15) is 0 Å². The van der Waals surface area contributed by atoms with Gasteiger partial charge in [0.1, 0.15) is 11.9 Å². The first kappa shape index (κ1) is 21.1. The zero-order chi connectivity index (χ0) is 21.8. The van der Waals surface area contributed by atoms with E-state index < -0.39 is 16.1 Å². The Morgan fingerprint density at radius 1 is 1.13 bits per heavy atom. The monoisotopic (exact) mass is 438 g/mol. The molecule has 1 atom stereocenters. The Morgan fingerprint density at radius 3 is 2.74 bits per heavy atom. The third-order valence-electron chi connectivity index (χ3n) is 5.45. The van der Waals surface area contributed by atoms with Gasteiger partial charge in [0.15, 0.2) is 0 Å². The van der Waals surface area contributed by atoms with E-state index in [-0.39, 0.29) is 16.6 Å². The second kappa shape index (κ2) is 8.93. The molecule has 0 saturated carbocycles. The van der Waals surface area contributed by atoms with Crippen molar-refractivity contribution in [2.75, 3.05) is 6.54 Å². The SMILES string of the molecule is CCCCC(N=C1NS(=O)(=O)c2ccccc21)C(=O)NCCc1c[nH]c2ccccc12. The number of sulfonamides is 1. The van der Waals surface area contributed by atoms with Crippen molar-refractivity contribution in [1.82, 2.24) is 15.0 Å². The second-order valence-electron chi connectivity index (χ2n) is 7.64. The molecule has 8 heteroatoms. The quantitative estimate of drug-likeness (QED) is 0.503. The molecule has 0 aliphatic carbocycles. The van der Waals surface area contributed by atoms with Gasteiger partial charge < -0.3 is 10.3 Å². The van der Waals surface area contributed by atoms with Gasteiger partial charge in [0.05, 0.1) is 4.90 Å². The average Bonchev–Trinajstić information content (AvgIpc) is 3.29. The second-order valence-corrected chi connectivity index (χ2v) is 9.29. The Hall–Kier alpha value is -3.13. The summed E-state index contributed by atoms with van der Waals surface area (Å²) >= 11 is 0. The molecule has 3 N–H and O–H groups in total. The lowest BCUT2D eigenvalue weighted by Gasteiger charge is -2.14. The van der Waals surface area contributed by atoms with Gasteiger partial charge in [-0.15, -0.1) is 0 Å². The van der Waals surface area contributed by atoms with Crippen LogP contribution >= 0.6 is 0 Å². The summed E-state index contributed by atoms with van der Waals surface area (Å²) in [7, 11) is -3.63. The number of fused-ring (bicyclic) bond motifs is 2. The summed E-state index contributed by atoms with van der Waals surface area (Å²) in [5, 5.41) is 4.13. The van der Waals surface area contributed by atoms with E-state index in [4.69, 9.17) is 0 Å². The molecule has 0 spiro atoms. The van der Waals surface area contributed by atoms with Crippen molar-refractivity contribution in [2.45, 2.75) is 43.5 Å². The molecule has 1 aliphatic rings. The first-order chi connectivity index (χ1) is 15.0. The van der Waals surface area contributed by atoms with E-state index in [2.05, 4.69) is 26.1 Å². The molecule has 2 aromatic carbocycles. The minimum Gasteiger partial charge on any atom is -0.361 e. The highest BCUT2D eigenvalue weighted by Gasteiger charge is 2.31. The fourth-order valence-corrected chi connectivity index (χ4v) is 5.05. The number of aromatic nitrogens is 1. The number of carbonyl (C=O) groups excluding carboxylic acids is 1. The molecule has 1 aliphatic heterocycles. The van der Waals surface area contributed by atoms with Crippen molar-refractivity contribution in [3.05, 3.63) is 65.9 Å². The lowest BCUT2D eigenvalue weighted by molar-refractivity contribution is -0.122. The summed E-state index contributed by atoms with van der Waals surface area (Å²) in [6.07, 6.45) is 4.97. The largest absolute Gasteiger partial charge is 0.361 e. The molecule has 162 valence electrons. The normalized spacial score (nSPS) is 16.7. The molecule has 1 amide bonds. The molecule has 0 saturated heterocycles. The zero-order valence-electron chi connectivity index (χ0n) is 17.4. The first-order valence-electron chi connectivity index (χ1n) is 10.5. The Kier molecular flexibility index (Phi) is 6.08. The molecule has 0 radical (unpaired) electrons. The lowest BCUT2D eigenvalue weighted by atomic mass is 10.1. The van der Waals surface area contributed by atoms with Crippen LogP contribution in [0.4, 0.5) is 0 Å². The maximum absolute atomic E-state index is 12.9. The summed E-state index contributed by atoms with van der Waals surface area (Å²) in [4.78, 5) is 20.9. The van der Waals surface area contributed by atoms with E-state index >= 15 is 0 Å². The smallest absolute Gasteiger partial charge is 0.263 e. The summed E-state index contributed by atoms with van der Waals surface area (Å²) in [6, 6.07) is 14.1. The molecule has 1 unspecified atom stereocenters. The summed E-state index contributed by atoms with van der Waals surface area (Å²) in [6.45, 7) is 2.53. The van der Waals surface area contributed by atoms with Crippen LogP contribution in [0.3, 0.4) is 0 Å². The number of hydrogen-bond donors (Lipinski definition) is 3. The number of hydrogen-bond acceptors (Lipinski definition) is 4. The van der Waals surface area contributed by atoms with E-state index in [1.165, 1.54) is 0 Å². The number of H-pyrrole nitrogens is 1. The fourth-order valence-electron chi connectivity index (χ4n) is 3.81. The van der Waals surface area contributed by atoms with Crippen LogP contribution in [0.2, 0.25) is 0 Å². The number of rotatable bonds is 8. The minimum absolute atomic E-state index is 0.190. The Morgan fingerprint density at radius 2 is 1.90 bits per heavy atom. The summed E-state index contributed by atoms with van der Waals surface area (Å²) in [5.41, 5.74) is 2.73. The van der Waals surface area contributed by atoms with Gasteiger partial charge in [0.25, 0.3) is 10.0 Å². The number of unbranched alkanes of at least 4 members (excludes halogenated alkanes) is 1. The highest BCUT2D eigenvalue weighted by Crippen LogP contribution is 2.23. The average molecular weight is 439 g/mol. The predicted molar refractivity (Wildman–Crippen MR) is 122 cm³/mol. The van der Waals surface area contributed by atoms with Crippen LogP contribution in [0, 0.1) is 0 Å². The predicted octanol–water partition coefficient (Wildman–Crippen LogP) is 3.12. The zero-order valence-corrected chi connectivity index (χ0v) is 18.2. The number of carbonyl (C=O) groups is 1. The highest BCUT2D eigenvalue weighted by molar-refractivity contribution is 7.90. The van der Waals surface area contributed by atoms with Crippen LogP contribution in [0.15, 0.2) is 64.6 Å². The van der Waals surface area contributed by atoms with Crippen LogP contribution < -0.4 is 10.0 Å². The van der Waals surface area contributed by atoms with E-state index in [1.54, 1.807) is 24.3 Å². The van der Waals surface area contributed by atoms with Crippen molar-refractivity contribution < 1.29 is 13.2 Å². The number of aliphatic imine (C=N–C) groups is 1. The van der Waals surface area contributed by atoms with Crippen molar-refractivity contribution in [3.8, 4) is 0 Å². The molecule has 7 nitrogen and oxygen atoms in total. The number of aromatic amines is 1. The van der Waals surface area contributed by atoms with E-state index in [1.807, 2.05) is 31.3 Å². The molecule has 3 aromatic rings. The molecular formula is C23H26N4O3S. The molecular weight excluding hydrogens is 412 g/mol. The highest BCUT2D eigenvalue weighted by atomic mass is 32.2. The van der Waals surface area contributed by atoms with E-state index in [0.717, 1.165) is 29.3 Å². The third kappa shape index (κ3) is 4.49. The topological polar surface area (TPSA) is 103 Å². The van der Waals surface area contributed by atoms with Crippen LogP contribution in [0.25, 0.3) is 10.9 Å². The molecule has 0 fully saturated rings. The van der Waals surface area contributed by atoms with Gasteiger partial charge in [-0.3, -0.25) is 14.5 Å². The minimum atomic E-state index is -3.63. The third-order valence-corrected chi connectivity index (χ3v) is 6.85. The van der Waals surface area contributed by atoms with Gasteiger partial charge in [-0.05, 0) is 36.6 Å². The number of para-hydroxylation sites is 1. The standard InChI is InChI=1S/C23H26N4O3S/c1-2-3-10-20(26-22-18-9-5-7-12-21(18)31(29,30)27-22)23(28)24-14-13-16-15-25-19-11-6-4-8-17(16)19/h4-9,11-12,15,20,25H,2-3,10,13-14H2,1H3,(H,24,28)(H,26,27). The first-order valence-corrected chi connectivity index (χ1v) is 12.0. The number of amidine groups is 1. The Bertz CT molecular complexity index is 1230. The molecule has 31 heavy (non-hydrogen) atoms. The number of amides is 1. The van der Waals surface area contributed by atoms with Crippen LogP contribution in [-0.2, 0) is 21.2 Å². The van der Waals surface area contributed by atoms with Crippen molar-refractivity contribution in [1.29, 1.82) is 0 Å². The number of benzene rings is 2. The maximum Gasteiger partial charge on any atom is 0.263 e. The molecule has 2 heterocycles. The van der Waals surface area contributed by atoms with Gasteiger partial charge in [-0.25, -0.2) is 8.42 Å².